The molecule has 0 aliphatic carbocycles. The zero-order chi connectivity index (χ0) is 36.0. The third kappa shape index (κ3) is 6.98. The number of aromatic nitrogens is 2. The Morgan fingerprint density at radius 3 is 2.17 bits per heavy atom. The summed E-state index contributed by atoms with van der Waals surface area (Å²) in [6.45, 7) is 13.2. The maximum atomic E-state index is 6.08. The Morgan fingerprint density at radius 1 is 0.660 bits per heavy atom. The van der Waals surface area contributed by atoms with Gasteiger partial charge in [0.25, 0.3) is 0 Å². The van der Waals surface area contributed by atoms with Crippen molar-refractivity contribution in [1.82, 2.24) is 9.97 Å². The average Bonchev–Trinajstić information content (AvgIpc) is 3.73. The van der Waals surface area contributed by atoms with Gasteiger partial charge >= 0.3 is 0 Å². The summed E-state index contributed by atoms with van der Waals surface area (Å²) in [5.74, 6) is 0.521. The summed E-state index contributed by atoms with van der Waals surface area (Å²) in [7, 11) is 0. The number of benzene rings is 5. The molecule has 5 aromatic carbocycles. The van der Waals surface area contributed by atoms with Crippen LogP contribution in [0.15, 0.2) is 132 Å². The molecule has 9 rings (SSSR count). The molecule has 9 aromatic rings. The van der Waals surface area contributed by atoms with Gasteiger partial charge in [-0.05, 0) is 87.3 Å². The van der Waals surface area contributed by atoms with E-state index in [1.807, 2.05) is 54.9 Å². The molecular weight excluding hydrogens is 845 g/mol. The zero-order valence-corrected chi connectivity index (χ0v) is 34.0. The van der Waals surface area contributed by atoms with Crippen molar-refractivity contribution in [2.45, 2.75) is 52.9 Å². The van der Waals surface area contributed by atoms with Gasteiger partial charge in [0.15, 0.2) is 0 Å². The third-order valence-corrected chi connectivity index (χ3v) is 11.3. The van der Waals surface area contributed by atoms with Crippen molar-refractivity contribution in [3.8, 4) is 22.5 Å². The van der Waals surface area contributed by atoms with Crippen molar-refractivity contribution in [2.24, 2.45) is 0 Å². The minimum Gasteiger partial charge on any atom is -0.501 e. The van der Waals surface area contributed by atoms with Gasteiger partial charge in [-0.25, -0.2) is 0 Å². The number of hydrogen-bond acceptors (Lipinski definition) is 4. The minimum absolute atomic E-state index is 0. The molecule has 0 fully saturated rings. The molecule has 0 aliphatic heterocycles. The monoisotopic (exact) mass is 885 g/mol. The number of thiophene rings is 1. The second-order valence-corrected chi connectivity index (χ2v) is 15.5. The van der Waals surface area contributed by atoms with Crippen molar-refractivity contribution in [1.29, 1.82) is 0 Å². The van der Waals surface area contributed by atoms with E-state index in [2.05, 4.69) is 143 Å². The molecule has 0 amide bonds. The van der Waals surface area contributed by atoms with E-state index >= 15 is 0 Å². The fourth-order valence-electron chi connectivity index (χ4n) is 6.94. The summed E-state index contributed by atoms with van der Waals surface area (Å²) in [6.07, 6.45) is 3.81. The molecule has 0 saturated carbocycles. The molecule has 53 heavy (non-hydrogen) atoms. The Balaban J connectivity index is 0.000000173. The molecule has 0 bridgehead atoms. The van der Waals surface area contributed by atoms with Crippen LogP contribution in [-0.4, -0.2) is 9.97 Å². The zero-order valence-electron chi connectivity index (χ0n) is 30.7. The first-order valence-electron chi connectivity index (χ1n) is 17.8. The predicted molar refractivity (Wildman–Crippen MR) is 219 cm³/mol. The van der Waals surface area contributed by atoms with E-state index in [0.717, 1.165) is 50.0 Å². The molecular formula is C48H40IrN2OS-2. The fourth-order valence-corrected chi connectivity index (χ4v) is 8.13. The largest absolute Gasteiger partial charge is 0.501 e. The van der Waals surface area contributed by atoms with Crippen molar-refractivity contribution in [3.63, 3.8) is 0 Å². The molecule has 0 unspecified atom stereocenters. The van der Waals surface area contributed by atoms with Crippen LogP contribution in [0.2, 0.25) is 0 Å². The van der Waals surface area contributed by atoms with Crippen LogP contribution >= 0.6 is 11.3 Å². The van der Waals surface area contributed by atoms with Crippen molar-refractivity contribution in [2.75, 3.05) is 0 Å². The number of hydrogen-bond donors (Lipinski definition) is 0. The summed E-state index contributed by atoms with van der Waals surface area (Å²) in [4.78, 5) is 9.25. The van der Waals surface area contributed by atoms with Crippen LogP contribution in [-0.2, 0) is 25.5 Å². The van der Waals surface area contributed by atoms with E-state index in [4.69, 9.17) is 9.40 Å². The fraction of sp³-hybridized carbons (Fsp3) is 0.167. The van der Waals surface area contributed by atoms with Crippen LogP contribution < -0.4 is 0 Å². The molecule has 0 saturated heterocycles. The van der Waals surface area contributed by atoms with Crippen LogP contribution in [0.1, 0.15) is 61.4 Å². The van der Waals surface area contributed by atoms with E-state index in [9.17, 15) is 0 Å². The average molecular weight is 885 g/mol. The maximum absolute atomic E-state index is 6.08. The normalized spacial score (nSPS) is 11.6. The topological polar surface area (TPSA) is 38.9 Å². The van der Waals surface area contributed by atoms with Gasteiger partial charge in [-0.2, -0.15) is 11.3 Å². The molecule has 4 aromatic heterocycles. The Labute approximate surface area is 329 Å². The molecule has 0 atom stereocenters. The molecule has 0 N–H and O–H groups in total. The minimum atomic E-state index is -0.0980. The van der Waals surface area contributed by atoms with E-state index in [0.29, 0.717) is 5.92 Å². The Kier molecular flexibility index (Phi) is 10.2. The molecule has 5 heteroatoms. The second kappa shape index (κ2) is 14.8. The quantitative estimate of drug-likeness (QED) is 0.162. The Hall–Kier alpha value is -4.93. The van der Waals surface area contributed by atoms with Gasteiger partial charge in [-0.3, -0.25) is 0 Å². The molecule has 265 valence electrons. The second-order valence-electron chi connectivity index (χ2n) is 14.4. The Morgan fingerprint density at radius 2 is 1.42 bits per heavy atom. The van der Waals surface area contributed by atoms with Gasteiger partial charge in [-0.15, -0.1) is 42.0 Å². The van der Waals surface area contributed by atoms with Crippen LogP contribution in [0.5, 0.6) is 0 Å². The van der Waals surface area contributed by atoms with Crippen molar-refractivity contribution < 1.29 is 24.5 Å². The van der Waals surface area contributed by atoms with Crippen LogP contribution in [0.25, 0.3) is 64.6 Å². The number of furan rings is 1. The molecule has 3 nitrogen and oxygen atoms in total. The van der Waals surface area contributed by atoms with Crippen molar-refractivity contribution >= 4 is 53.4 Å². The molecule has 4 heterocycles. The first kappa shape index (κ1) is 36.4. The predicted octanol–water partition coefficient (Wildman–Crippen LogP) is 13.4. The smallest absolute Gasteiger partial charge is 0.121 e. The van der Waals surface area contributed by atoms with E-state index in [-0.39, 0.29) is 25.5 Å². The number of fused-ring (bicyclic) bond motifs is 6. The number of pyridine rings is 2. The maximum Gasteiger partial charge on any atom is 0.121 e. The van der Waals surface area contributed by atoms with E-state index in [1.54, 1.807) is 0 Å². The van der Waals surface area contributed by atoms with Gasteiger partial charge in [-0.1, -0.05) is 117 Å². The van der Waals surface area contributed by atoms with E-state index in [1.165, 1.54) is 42.4 Å². The molecule has 1 radical (unpaired) electrons. The summed E-state index contributed by atoms with van der Waals surface area (Å²) < 4.78 is 8.66. The standard InChI is InChI=1S/C29H26NS.C19H14NO.Ir/c1-19(2)20-13-14-27-25(17-20)23-11-8-12-24(28(23)31-27)26-18-22(15-16-30-26)29(3,4)21-9-6-5-7-10-21;1-12-6-8-14-15-4-3-5-16(19(15)21-18(14)10-12)17-9-7-13(2)11-20-17;/h5-11,13-19H,1-4H3;3-4,6-11H,1-2H3;/q2*-1;. The Bertz CT molecular complexity index is 2710. The number of aryl methyl sites for hydroxylation is 2. The van der Waals surface area contributed by atoms with Gasteiger partial charge in [0.1, 0.15) is 5.58 Å². The summed E-state index contributed by atoms with van der Waals surface area (Å²) in [6, 6.07) is 47.3. The summed E-state index contributed by atoms with van der Waals surface area (Å²) in [5, 5.41) is 4.88. The summed E-state index contributed by atoms with van der Waals surface area (Å²) in [5.41, 5.74) is 11.8. The van der Waals surface area contributed by atoms with Crippen molar-refractivity contribution in [3.05, 3.63) is 168 Å². The van der Waals surface area contributed by atoms with Gasteiger partial charge in [0.05, 0.1) is 5.58 Å². The molecule has 0 spiro atoms. The summed E-state index contributed by atoms with van der Waals surface area (Å²) >= 11 is 1.84. The van der Waals surface area contributed by atoms with Crippen LogP contribution in [0.3, 0.4) is 0 Å². The number of nitrogens with zero attached hydrogens (tertiary/aromatic N) is 2. The first-order chi connectivity index (χ1) is 25.2. The van der Waals surface area contributed by atoms with Crippen LogP contribution in [0.4, 0.5) is 0 Å². The SMILES string of the molecule is CC(C)c1ccc2sc3c(-c4cc(C(C)(C)c5ccccc5)ccn4)[c-]ccc3c2c1.Cc1ccc(-c2[c-]ccc3c2oc2cc(C)ccc23)nc1.[Ir]. The first-order valence-corrected chi connectivity index (χ1v) is 18.6. The molecule has 0 aliphatic rings. The van der Waals surface area contributed by atoms with Crippen LogP contribution in [0, 0.1) is 26.0 Å². The van der Waals surface area contributed by atoms with Gasteiger partial charge in [0, 0.05) is 48.0 Å². The number of rotatable bonds is 5. The van der Waals surface area contributed by atoms with E-state index < -0.39 is 0 Å². The van der Waals surface area contributed by atoms with Gasteiger partial charge in [0.2, 0.25) is 0 Å². The third-order valence-electron chi connectivity index (χ3n) is 10.1. The van der Waals surface area contributed by atoms with Gasteiger partial charge < -0.3 is 14.4 Å².